The molecule has 1 aromatic carbocycles. The van der Waals surface area contributed by atoms with E-state index in [2.05, 4.69) is 71.0 Å². The van der Waals surface area contributed by atoms with Crippen LogP contribution in [0.15, 0.2) is 47.2 Å². The number of fused-ring (bicyclic) bond motifs is 1. The Morgan fingerprint density at radius 1 is 1.05 bits per heavy atom. The predicted octanol–water partition coefficient (Wildman–Crippen LogP) is 4.48. The summed E-state index contributed by atoms with van der Waals surface area (Å²) in [5.41, 5.74) is 3.35. The Kier molecular flexibility index (Phi) is 3.13. The minimum Gasteiger partial charge on any atom is -0.236 e. The van der Waals surface area contributed by atoms with Gasteiger partial charge in [0.15, 0.2) is 5.65 Å². The summed E-state index contributed by atoms with van der Waals surface area (Å²) in [7, 11) is 0. The third-order valence-corrected chi connectivity index (χ3v) is 3.96. The Bertz CT molecular complexity index is 751. The summed E-state index contributed by atoms with van der Waals surface area (Å²) in [5.74, 6) is 0. The highest BCUT2D eigenvalue weighted by Gasteiger charge is 2.14. The smallest absolute Gasteiger partial charge is 0.164 e. The lowest BCUT2D eigenvalue weighted by Gasteiger charge is -2.19. The van der Waals surface area contributed by atoms with Crippen molar-refractivity contribution in [1.82, 2.24) is 14.8 Å². The maximum atomic E-state index is 4.52. The van der Waals surface area contributed by atoms with Crippen molar-refractivity contribution in [3.05, 3.63) is 52.8 Å². The second-order valence-corrected chi connectivity index (χ2v) is 6.63. The molecule has 0 aliphatic heterocycles. The van der Waals surface area contributed by atoms with Crippen LogP contribution in [0.1, 0.15) is 26.3 Å². The molecule has 0 bridgehead atoms. The van der Waals surface area contributed by atoms with Crippen LogP contribution in [0.2, 0.25) is 0 Å². The molecule has 0 fully saturated rings. The van der Waals surface area contributed by atoms with Crippen LogP contribution < -0.4 is 0 Å². The topological polar surface area (TPSA) is 30.7 Å². The zero-order valence-electron chi connectivity index (χ0n) is 11.8. The van der Waals surface area contributed by atoms with Crippen molar-refractivity contribution in [2.45, 2.75) is 26.2 Å². The van der Waals surface area contributed by atoms with Crippen LogP contribution in [0.25, 0.3) is 16.7 Å². The number of hydrogen-bond donors (Lipinski definition) is 0. The summed E-state index contributed by atoms with van der Waals surface area (Å²) in [4.78, 5) is 4.42. The first-order chi connectivity index (χ1) is 9.47. The van der Waals surface area contributed by atoms with Gasteiger partial charge in [0.05, 0.1) is 11.1 Å². The molecule has 0 unspecified atom stereocenters. The van der Waals surface area contributed by atoms with Gasteiger partial charge in [-0.2, -0.15) is 5.10 Å². The molecule has 20 heavy (non-hydrogen) atoms. The van der Waals surface area contributed by atoms with Crippen LogP contribution in [-0.4, -0.2) is 14.8 Å². The Hall–Kier alpha value is -1.68. The van der Waals surface area contributed by atoms with Gasteiger partial charge in [0.25, 0.3) is 0 Å². The lowest BCUT2D eigenvalue weighted by Crippen LogP contribution is -2.11. The van der Waals surface area contributed by atoms with E-state index in [0.29, 0.717) is 0 Å². The van der Waals surface area contributed by atoms with Gasteiger partial charge in [-0.05, 0) is 51.2 Å². The standard InChI is InChI=1S/C16H16BrN3/c1-16(2,3)11-6-8-12(9-7-11)20-15-13(14(17)19-20)5-4-10-18-15/h4-10H,1-3H3. The van der Waals surface area contributed by atoms with Gasteiger partial charge in [-0.15, -0.1) is 0 Å². The van der Waals surface area contributed by atoms with E-state index in [0.717, 1.165) is 21.3 Å². The van der Waals surface area contributed by atoms with E-state index in [4.69, 9.17) is 0 Å². The molecule has 0 radical (unpaired) electrons. The van der Waals surface area contributed by atoms with Crippen molar-refractivity contribution < 1.29 is 0 Å². The van der Waals surface area contributed by atoms with Crippen molar-refractivity contribution in [1.29, 1.82) is 0 Å². The number of hydrogen-bond acceptors (Lipinski definition) is 2. The van der Waals surface area contributed by atoms with Gasteiger partial charge in [-0.3, -0.25) is 0 Å². The SMILES string of the molecule is CC(C)(C)c1ccc(-n2nc(Br)c3cccnc32)cc1. The molecule has 3 nitrogen and oxygen atoms in total. The molecule has 0 spiro atoms. The van der Waals surface area contributed by atoms with E-state index in [1.807, 2.05) is 16.8 Å². The fourth-order valence-electron chi connectivity index (χ4n) is 2.20. The molecule has 102 valence electrons. The van der Waals surface area contributed by atoms with Crippen LogP contribution in [-0.2, 0) is 5.41 Å². The first kappa shape index (κ1) is 13.3. The number of pyridine rings is 1. The van der Waals surface area contributed by atoms with Gasteiger partial charge in [0.2, 0.25) is 0 Å². The van der Waals surface area contributed by atoms with Gasteiger partial charge in [0, 0.05) is 6.20 Å². The normalized spacial score (nSPS) is 12.0. The fraction of sp³-hybridized carbons (Fsp3) is 0.250. The van der Waals surface area contributed by atoms with Gasteiger partial charge in [-0.25, -0.2) is 9.67 Å². The van der Waals surface area contributed by atoms with Crippen LogP contribution in [0.5, 0.6) is 0 Å². The van der Waals surface area contributed by atoms with E-state index >= 15 is 0 Å². The monoisotopic (exact) mass is 329 g/mol. The highest BCUT2D eigenvalue weighted by atomic mass is 79.9. The maximum Gasteiger partial charge on any atom is 0.164 e. The van der Waals surface area contributed by atoms with E-state index < -0.39 is 0 Å². The largest absolute Gasteiger partial charge is 0.236 e. The number of rotatable bonds is 1. The molecule has 2 heterocycles. The summed E-state index contributed by atoms with van der Waals surface area (Å²) in [6, 6.07) is 12.4. The van der Waals surface area contributed by atoms with Crippen LogP contribution in [0.4, 0.5) is 0 Å². The number of benzene rings is 1. The highest BCUT2D eigenvalue weighted by Crippen LogP contribution is 2.26. The third kappa shape index (κ3) is 2.24. The number of aromatic nitrogens is 3. The molecule has 0 N–H and O–H groups in total. The predicted molar refractivity (Wildman–Crippen MR) is 85.3 cm³/mol. The summed E-state index contributed by atoms with van der Waals surface area (Å²) in [6.45, 7) is 6.64. The second kappa shape index (κ2) is 4.70. The van der Waals surface area contributed by atoms with Crippen molar-refractivity contribution >= 4 is 27.0 Å². The molecule has 0 amide bonds. The van der Waals surface area contributed by atoms with E-state index in [1.165, 1.54) is 5.56 Å². The third-order valence-electron chi connectivity index (χ3n) is 3.38. The Balaban J connectivity index is 2.12. The first-order valence-electron chi connectivity index (χ1n) is 6.57. The Labute approximate surface area is 126 Å². The summed E-state index contributed by atoms with van der Waals surface area (Å²) >= 11 is 3.49. The molecule has 3 aromatic rings. The highest BCUT2D eigenvalue weighted by molar-refractivity contribution is 9.10. The first-order valence-corrected chi connectivity index (χ1v) is 7.36. The average Bonchev–Trinajstić information content (AvgIpc) is 2.76. The van der Waals surface area contributed by atoms with Crippen LogP contribution in [0.3, 0.4) is 0 Å². The van der Waals surface area contributed by atoms with Gasteiger partial charge in [0.1, 0.15) is 4.60 Å². The van der Waals surface area contributed by atoms with Crippen molar-refractivity contribution in [2.75, 3.05) is 0 Å². The van der Waals surface area contributed by atoms with Crippen LogP contribution >= 0.6 is 15.9 Å². The van der Waals surface area contributed by atoms with E-state index in [9.17, 15) is 0 Å². The maximum absolute atomic E-state index is 4.52. The van der Waals surface area contributed by atoms with Crippen molar-refractivity contribution in [2.24, 2.45) is 0 Å². The summed E-state index contributed by atoms with van der Waals surface area (Å²) in [5, 5.41) is 5.54. The van der Waals surface area contributed by atoms with Gasteiger partial charge in [-0.1, -0.05) is 32.9 Å². The summed E-state index contributed by atoms with van der Waals surface area (Å²) < 4.78 is 2.69. The van der Waals surface area contributed by atoms with Crippen molar-refractivity contribution in [3.8, 4) is 5.69 Å². The molecular weight excluding hydrogens is 314 g/mol. The minimum atomic E-state index is 0.156. The van der Waals surface area contributed by atoms with Gasteiger partial charge >= 0.3 is 0 Å². The quantitative estimate of drug-likeness (QED) is 0.659. The van der Waals surface area contributed by atoms with Crippen molar-refractivity contribution in [3.63, 3.8) is 0 Å². The lowest BCUT2D eigenvalue weighted by atomic mass is 9.87. The minimum absolute atomic E-state index is 0.156. The zero-order valence-corrected chi connectivity index (χ0v) is 13.3. The molecule has 0 saturated heterocycles. The molecule has 0 aliphatic rings. The van der Waals surface area contributed by atoms with E-state index in [-0.39, 0.29) is 5.41 Å². The molecule has 0 atom stereocenters. The fourth-order valence-corrected chi connectivity index (χ4v) is 2.67. The molecule has 2 aromatic heterocycles. The zero-order chi connectivity index (χ0) is 14.3. The van der Waals surface area contributed by atoms with Crippen LogP contribution in [0, 0.1) is 0 Å². The Morgan fingerprint density at radius 3 is 2.40 bits per heavy atom. The molecule has 3 rings (SSSR count). The second-order valence-electron chi connectivity index (χ2n) is 5.87. The van der Waals surface area contributed by atoms with E-state index in [1.54, 1.807) is 6.20 Å². The summed E-state index contributed by atoms with van der Waals surface area (Å²) in [6.07, 6.45) is 1.79. The molecule has 0 aliphatic carbocycles. The number of halogens is 1. The Morgan fingerprint density at radius 2 is 1.75 bits per heavy atom. The van der Waals surface area contributed by atoms with Gasteiger partial charge < -0.3 is 0 Å². The average molecular weight is 330 g/mol. The molecular formula is C16H16BrN3. The molecule has 4 heteroatoms. The number of nitrogens with zero attached hydrogens (tertiary/aromatic N) is 3. The molecule has 0 saturated carbocycles. The lowest BCUT2D eigenvalue weighted by molar-refractivity contribution is 0.590.